The first-order chi connectivity index (χ1) is 13.7. The number of ether oxygens (including phenoxy) is 1. The molecule has 1 saturated heterocycles. The SMILES string of the molecule is CC(C)(N)C1CCN(C(=O)Nc2cc(Oc3ccc([N+](=O)[O-])cc3)ncn2)CC1. The Labute approximate surface area is 168 Å². The molecule has 3 N–H and O–H groups in total. The van der Waals surface area contributed by atoms with Crippen LogP contribution in [0.1, 0.15) is 26.7 Å². The molecule has 1 fully saturated rings. The summed E-state index contributed by atoms with van der Waals surface area (Å²) in [5.41, 5.74) is 5.89. The number of non-ortho nitro benzene ring substituents is 1. The fourth-order valence-electron chi connectivity index (χ4n) is 3.24. The normalized spacial score (nSPS) is 15.1. The number of nitro groups is 1. The summed E-state index contributed by atoms with van der Waals surface area (Å²) in [6.45, 7) is 5.30. The number of benzene rings is 1. The number of nitrogens with one attached hydrogen (secondary N) is 1. The highest BCUT2D eigenvalue weighted by Crippen LogP contribution is 2.27. The van der Waals surface area contributed by atoms with Gasteiger partial charge in [0.25, 0.3) is 5.69 Å². The van der Waals surface area contributed by atoms with E-state index in [9.17, 15) is 14.9 Å². The number of nitro benzene ring substituents is 1. The van der Waals surface area contributed by atoms with Crippen LogP contribution < -0.4 is 15.8 Å². The number of likely N-dealkylation sites (tertiary alicyclic amines) is 1. The van der Waals surface area contributed by atoms with Crippen molar-refractivity contribution in [1.29, 1.82) is 0 Å². The lowest BCUT2D eigenvalue weighted by Gasteiger charge is -2.38. The van der Waals surface area contributed by atoms with Gasteiger partial charge in [-0.25, -0.2) is 14.8 Å². The fraction of sp³-hybridized carbons (Fsp3) is 0.421. The molecule has 2 amide bonds. The molecule has 0 bridgehead atoms. The van der Waals surface area contributed by atoms with E-state index in [4.69, 9.17) is 10.5 Å². The molecule has 3 rings (SSSR count). The van der Waals surface area contributed by atoms with Gasteiger partial charge in [-0.2, -0.15) is 0 Å². The van der Waals surface area contributed by atoms with Crippen LogP contribution in [0.25, 0.3) is 0 Å². The standard InChI is InChI=1S/C19H24N6O4/c1-19(2,20)13-7-9-24(10-8-13)18(26)23-16-11-17(22-12-21-16)29-15-5-3-14(4-6-15)25(27)28/h3-6,11-13H,7-10,20H2,1-2H3,(H,21,22,23,26). The Morgan fingerprint density at radius 1 is 1.28 bits per heavy atom. The first-order valence-electron chi connectivity index (χ1n) is 9.31. The van der Waals surface area contributed by atoms with Gasteiger partial charge in [0, 0.05) is 36.8 Å². The quantitative estimate of drug-likeness (QED) is 0.581. The van der Waals surface area contributed by atoms with Crippen molar-refractivity contribution in [3.05, 3.63) is 46.8 Å². The van der Waals surface area contributed by atoms with Gasteiger partial charge in [-0.15, -0.1) is 0 Å². The van der Waals surface area contributed by atoms with E-state index in [1.54, 1.807) is 4.90 Å². The molecule has 10 heteroatoms. The zero-order valence-corrected chi connectivity index (χ0v) is 16.4. The average molecular weight is 400 g/mol. The summed E-state index contributed by atoms with van der Waals surface area (Å²) in [5.74, 6) is 1.29. The molecule has 0 aliphatic carbocycles. The van der Waals surface area contributed by atoms with E-state index in [0.717, 1.165) is 12.8 Å². The second-order valence-corrected chi connectivity index (χ2v) is 7.61. The summed E-state index contributed by atoms with van der Waals surface area (Å²) in [5, 5.41) is 13.5. The third kappa shape index (κ3) is 5.38. The third-order valence-corrected chi connectivity index (χ3v) is 4.98. The van der Waals surface area contributed by atoms with Crippen LogP contribution in [0.3, 0.4) is 0 Å². The number of anilines is 1. The first-order valence-corrected chi connectivity index (χ1v) is 9.31. The van der Waals surface area contributed by atoms with Crippen molar-refractivity contribution in [2.45, 2.75) is 32.2 Å². The molecular formula is C19H24N6O4. The van der Waals surface area contributed by atoms with Gasteiger partial charge in [0.05, 0.1) is 4.92 Å². The van der Waals surface area contributed by atoms with Crippen LogP contribution in [0, 0.1) is 16.0 Å². The van der Waals surface area contributed by atoms with Crippen molar-refractivity contribution in [3.63, 3.8) is 0 Å². The highest BCUT2D eigenvalue weighted by atomic mass is 16.6. The van der Waals surface area contributed by atoms with Crippen LogP contribution in [-0.4, -0.2) is 44.5 Å². The molecule has 0 saturated carbocycles. The topological polar surface area (TPSA) is 137 Å². The van der Waals surface area contributed by atoms with E-state index in [-0.39, 0.29) is 23.1 Å². The van der Waals surface area contributed by atoms with E-state index >= 15 is 0 Å². The number of carbonyl (C=O) groups excluding carboxylic acids is 1. The lowest BCUT2D eigenvalue weighted by Crippen LogP contribution is -2.49. The maximum atomic E-state index is 12.5. The van der Waals surface area contributed by atoms with Gasteiger partial charge in [0.15, 0.2) is 0 Å². The smallest absolute Gasteiger partial charge is 0.323 e. The summed E-state index contributed by atoms with van der Waals surface area (Å²) in [6, 6.07) is 6.88. The molecule has 1 aromatic heterocycles. The van der Waals surface area contributed by atoms with Crippen LogP contribution in [-0.2, 0) is 0 Å². The van der Waals surface area contributed by atoms with Crippen molar-refractivity contribution < 1.29 is 14.5 Å². The van der Waals surface area contributed by atoms with Crippen LogP contribution in [0.4, 0.5) is 16.3 Å². The van der Waals surface area contributed by atoms with Gasteiger partial charge in [0.1, 0.15) is 17.9 Å². The van der Waals surface area contributed by atoms with Crippen molar-refractivity contribution in [2.75, 3.05) is 18.4 Å². The Morgan fingerprint density at radius 2 is 1.93 bits per heavy atom. The van der Waals surface area contributed by atoms with Gasteiger partial charge in [-0.3, -0.25) is 15.4 Å². The Bertz CT molecular complexity index is 873. The van der Waals surface area contributed by atoms with E-state index in [1.807, 2.05) is 13.8 Å². The number of piperidine rings is 1. The van der Waals surface area contributed by atoms with Gasteiger partial charge in [-0.05, 0) is 44.7 Å². The third-order valence-electron chi connectivity index (χ3n) is 4.98. The Morgan fingerprint density at radius 3 is 2.52 bits per heavy atom. The highest BCUT2D eigenvalue weighted by molar-refractivity contribution is 5.88. The maximum Gasteiger partial charge on any atom is 0.323 e. The number of amides is 2. The Balaban J connectivity index is 1.58. The molecule has 0 atom stereocenters. The number of nitrogens with zero attached hydrogens (tertiary/aromatic N) is 4. The molecule has 154 valence electrons. The molecule has 1 aromatic carbocycles. The van der Waals surface area contributed by atoms with E-state index < -0.39 is 4.92 Å². The van der Waals surface area contributed by atoms with Gasteiger partial charge in [-0.1, -0.05) is 0 Å². The first kappa shape index (κ1) is 20.5. The molecule has 1 aliphatic heterocycles. The molecule has 10 nitrogen and oxygen atoms in total. The van der Waals surface area contributed by atoms with E-state index in [1.165, 1.54) is 36.7 Å². The zero-order chi connectivity index (χ0) is 21.0. The molecule has 2 heterocycles. The monoisotopic (exact) mass is 400 g/mol. The highest BCUT2D eigenvalue weighted by Gasteiger charge is 2.30. The lowest BCUT2D eigenvalue weighted by molar-refractivity contribution is -0.384. The Hall–Kier alpha value is -3.27. The minimum atomic E-state index is -0.487. The minimum absolute atomic E-state index is 0.0326. The summed E-state index contributed by atoms with van der Waals surface area (Å²) in [6.07, 6.45) is 2.99. The fourth-order valence-corrected chi connectivity index (χ4v) is 3.24. The second-order valence-electron chi connectivity index (χ2n) is 7.61. The molecule has 0 spiro atoms. The molecule has 29 heavy (non-hydrogen) atoms. The molecule has 0 unspecified atom stereocenters. The zero-order valence-electron chi connectivity index (χ0n) is 16.4. The van der Waals surface area contributed by atoms with Crippen LogP contribution in [0.15, 0.2) is 36.7 Å². The number of hydrogen-bond donors (Lipinski definition) is 2. The number of carbonyl (C=O) groups is 1. The summed E-state index contributed by atoms with van der Waals surface area (Å²) < 4.78 is 5.58. The Kier molecular flexibility index (Phi) is 5.92. The summed E-state index contributed by atoms with van der Waals surface area (Å²) >= 11 is 0. The number of urea groups is 1. The van der Waals surface area contributed by atoms with Gasteiger partial charge in [0.2, 0.25) is 5.88 Å². The molecule has 0 radical (unpaired) electrons. The van der Waals surface area contributed by atoms with Crippen molar-refractivity contribution in [1.82, 2.24) is 14.9 Å². The van der Waals surface area contributed by atoms with Gasteiger partial charge < -0.3 is 15.4 Å². The van der Waals surface area contributed by atoms with Crippen molar-refractivity contribution >= 4 is 17.5 Å². The molecule has 1 aliphatic rings. The van der Waals surface area contributed by atoms with Crippen LogP contribution >= 0.6 is 0 Å². The molecular weight excluding hydrogens is 376 g/mol. The summed E-state index contributed by atoms with van der Waals surface area (Å²) in [4.78, 5) is 32.5. The second kappa shape index (κ2) is 8.39. The minimum Gasteiger partial charge on any atom is -0.439 e. The molecule has 2 aromatic rings. The van der Waals surface area contributed by atoms with Crippen molar-refractivity contribution in [2.24, 2.45) is 11.7 Å². The predicted molar refractivity (Wildman–Crippen MR) is 107 cm³/mol. The van der Waals surface area contributed by atoms with E-state index in [0.29, 0.717) is 30.6 Å². The van der Waals surface area contributed by atoms with E-state index in [2.05, 4.69) is 15.3 Å². The maximum absolute atomic E-state index is 12.5. The number of hydrogen-bond acceptors (Lipinski definition) is 7. The van der Waals surface area contributed by atoms with Crippen LogP contribution in [0.2, 0.25) is 0 Å². The number of rotatable bonds is 5. The van der Waals surface area contributed by atoms with Gasteiger partial charge >= 0.3 is 6.03 Å². The largest absolute Gasteiger partial charge is 0.439 e. The predicted octanol–water partition coefficient (Wildman–Crippen LogP) is 3.16. The number of nitrogens with two attached hydrogens (primary N) is 1. The van der Waals surface area contributed by atoms with Crippen LogP contribution in [0.5, 0.6) is 11.6 Å². The van der Waals surface area contributed by atoms with Crippen molar-refractivity contribution in [3.8, 4) is 11.6 Å². The lowest BCUT2D eigenvalue weighted by atomic mass is 9.81. The average Bonchev–Trinajstić information content (AvgIpc) is 2.68. The summed E-state index contributed by atoms with van der Waals surface area (Å²) in [7, 11) is 0. The number of aromatic nitrogens is 2.